The molecule has 1 atom stereocenters. The first-order valence-corrected chi connectivity index (χ1v) is 8.14. The van der Waals surface area contributed by atoms with Crippen LogP contribution in [0, 0.1) is 17.6 Å². The van der Waals surface area contributed by atoms with Gasteiger partial charge in [-0.25, -0.2) is 21.9 Å². The van der Waals surface area contributed by atoms with E-state index in [9.17, 15) is 17.2 Å². The van der Waals surface area contributed by atoms with Gasteiger partial charge in [0.2, 0.25) is 10.0 Å². The number of nitrogens with one attached hydrogen (secondary N) is 1. The normalized spacial score (nSPS) is 18.6. The number of hydrogen-bond acceptors (Lipinski definition) is 4. The third-order valence-electron chi connectivity index (χ3n) is 3.60. The van der Waals surface area contributed by atoms with Gasteiger partial charge in [-0.2, -0.15) is 0 Å². The van der Waals surface area contributed by atoms with Crippen LogP contribution >= 0.6 is 0 Å². The number of halogens is 2. The van der Waals surface area contributed by atoms with Crippen molar-refractivity contribution in [2.75, 3.05) is 18.9 Å². The fourth-order valence-electron chi connectivity index (χ4n) is 2.45. The summed E-state index contributed by atoms with van der Waals surface area (Å²) in [7, 11) is -4.28. The fraction of sp³-hybridized carbons (Fsp3) is 0.538. The molecule has 0 amide bonds. The second-order valence-corrected chi connectivity index (χ2v) is 6.82. The smallest absolute Gasteiger partial charge is 0.246 e. The van der Waals surface area contributed by atoms with Gasteiger partial charge >= 0.3 is 0 Å². The lowest BCUT2D eigenvalue weighted by atomic mass is 9.94. The van der Waals surface area contributed by atoms with Gasteiger partial charge < -0.3 is 10.5 Å². The zero-order valence-electron chi connectivity index (χ0n) is 11.6. The summed E-state index contributed by atoms with van der Waals surface area (Å²) in [6.07, 6.45) is 1.41. The molecule has 2 rings (SSSR count). The summed E-state index contributed by atoms with van der Waals surface area (Å²) in [5.74, 6) is -2.31. The molecule has 118 valence electrons. The van der Waals surface area contributed by atoms with Crippen molar-refractivity contribution < 1.29 is 21.9 Å². The average molecular weight is 320 g/mol. The molecule has 1 aliphatic heterocycles. The van der Waals surface area contributed by atoms with Gasteiger partial charge in [0, 0.05) is 24.9 Å². The highest BCUT2D eigenvalue weighted by Gasteiger charge is 2.29. The number of sulfonamides is 1. The van der Waals surface area contributed by atoms with Crippen molar-refractivity contribution in [2.45, 2.75) is 30.7 Å². The van der Waals surface area contributed by atoms with Gasteiger partial charge in [0.15, 0.2) is 4.90 Å². The van der Waals surface area contributed by atoms with Crippen molar-refractivity contribution in [3.05, 3.63) is 23.8 Å². The fourth-order valence-corrected chi connectivity index (χ4v) is 3.88. The summed E-state index contributed by atoms with van der Waals surface area (Å²) < 4.78 is 59.4. The Kier molecular flexibility index (Phi) is 4.80. The van der Waals surface area contributed by atoms with Crippen molar-refractivity contribution in [2.24, 2.45) is 5.92 Å². The Morgan fingerprint density at radius 1 is 1.29 bits per heavy atom. The topological polar surface area (TPSA) is 81.4 Å². The largest absolute Gasteiger partial charge is 0.399 e. The number of nitrogen functional groups attached to an aromatic ring is 1. The molecule has 1 fully saturated rings. The summed E-state index contributed by atoms with van der Waals surface area (Å²) in [5, 5.41) is 0. The predicted octanol–water partition coefficient (Wildman–Crippen LogP) is 1.64. The summed E-state index contributed by atoms with van der Waals surface area (Å²) in [5.41, 5.74) is 5.12. The van der Waals surface area contributed by atoms with Crippen LogP contribution in [-0.4, -0.2) is 27.7 Å². The molecule has 21 heavy (non-hydrogen) atoms. The van der Waals surface area contributed by atoms with Gasteiger partial charge in [-0.15, -0.1) is 0 Å². The molecule has 8 heteroatoms. The van der Waals surface area contributed by atoms with E-state index in [1.165, 1.54) is 0 Å². The van der Waals surface area contributed by atoms with Gasteiger partial charge in [0.05, 0.1) is 0 Å². The maximum absolute atomic E-state index is 13.7. The maximum Gasteiger partial charge on any atom is 0.246 e. The van der Waals surface area contributed by atoms with Crippen molar-refractivity contribution in [3.8, 4) is 0 Å². The van der Waals surface area contributed by atoms with Crippen LogP contribution in [0.3, 0.4) is 0 Å². The number of ether oxygens (including phenoxy) is 1. The Balaban J connectivity index is 2.22. The van der Waals surface area contributed by atoms with E-state index in [-0.39, 0.29) is 11.6 Å². The minimum absolute atomic E-state index is 0.0772. The minimum atomic E-state index is -4.28. The first-order chi connectivity index (χ1) is 9.81. The average Bonchev–Trinajstić information content (AvgIpc) is 2.37. The van der Waals surface area contributed by atoms with E-state index in [1.807, 2.05) is 0 Å². The van der Waals surface area contributed by atoms with Gasteiger partial charge in [0.1, 0.15) is 11.6 Å². The summed E-state index contributed by atoms with van der Waals surface area (Å²) in [6, 6.07) is 1.14. The monoisotopic (exact) mass is 320 g/mol. The van der Waals surface area contributed by atoms with E-state index < -0.39 is 32.6 Å². The third-order valence-corrected chi connectivity index (χ3v) is 5.21. The van der Waals surface area contributed by atoms with Crippen LogP contribution in [-0.2, 0) is 14.8 Å². The highest BCUT2D eigenvalue weighted by atomic mass is 32.2. The van der Waals surface area contributed by atoms with E-state index in [4.69, 9.17) is 10.5 Å². The van der Waals surface area contributed by atoms with Gasteiger partial charge in [-0.1, -0.05) is 0 Å². The zero-order chi connectivity index (χ0) is 15.6. The minimum Gasteiger partial charge on any atom is -0.399 e. The predicted molar refractivity (Wildman–Crippen MR) is 74.1 cm³/mol. The lowest BCUT2D eigenvalue weighted by molar-refractivity contribution is 0.0585. The van der Waals surface area contributed by atoms with Gasteiger partial charge in [-0.3, -0.25) is 0 Å². The first-order valence-electron chi connectivity index (χ1n) is 6.66. The van der Waals surface area contributed by atoms with E-state index in [0.29, 0.717) is 26.1 Å². The Hall–Kier alpha value is -1.25. The van der Waals surface area contributed by atoms with Crippen LogP contribution in [0.4, 0.5) is 14.5 Å². The van der Waals surface area contributed by atoms with Crippen LogP contribution < -0.4 is 10.5 Å². The molecule has 1 aromatic rings. The standard InChI is InChI=1S/C13H18F2N2O3S/c1-8(9-2-4-20-5-3-9)17-21(18,19)13-11(14)6-10(16)7-12(13)15/h6-9,17H,2-5,16H2,1H3. The maximum atomic E-state index is 13.7. The molecule has 5 nitrogen and oxygen atoms in total. The second-order valence-electron chi connectivity index (χ2n) is 5.17. The summed E-state index contributed by atoms with van der Waals surface area (Å²) >= 11 is 0. The molecule has 0 aliphatic carbocycles. The van der Waals surface area contributed by atoms with Crippen molar-refractivity contribution in [3.63, 3.8) is 0 Å². The first kappa shape index (κ1) is 16.1. The molecule has 3 N–H and O–H groups in total. The molecular weight excluding hydrogens is 302 g/mol. The number of rotatable bonds is 4. The highest BCUT2D eigenvalue weighted by molar-refractivity contribution is 7.89. The lowest BCUT2D eigenvalue weighted by Gasteiger charge is -2.28. The van der Waals surface area contributed by atoms with E-state index in [1.54, 1.807) is 6.92 Å². The molecule has 0 aromatic heterocycles. The van der Waals surface area contributed by atoms with Crippen molar-refractivity contribution >= 4 is 15.7 Å². The molecule has 1 aromatic carbocycles. The van der Waals surface area contributed by atoms with E-state index in [0.717, 1.165) is 12.1 Å². The second kappa shape index (κ2) is 6.25. The molecule has 0 spiro atoms. The molecule has 1 heterocycles. The quantitative estimate of drug-likeness (QED) is 0.826. The Labute approximate surface area is 122 Å². The third kappa shape index (κ3) is 3.69. The Morgan fingerprint density at radius 3 is 2.33 bits per heavy atom. The van der Waals surface area contributed by atoms with Crippen LogP contribution in [0.5, 0.6) is 0 Å². The summed E-state index contributed by atoms with van der Waals surface area (Å²) in [6.45, 7) is 2.79. The molecule has 1 aliphatic rings. The van der Waals surface area contributed by atoms with Crippen LogP contribution in [0.1, 0.15) is 19.8 Å². The highest BCUT2D eigenvalue weighted by Crippen LogP contribution is 2.24. The molecule has 1 unspecified atom stereocenters. The van der Waals surface area contributed by atoms with E-state index in [2.05, 4.69) is 4.72 Å². The van der Waals surface area contributed by atoms with Crippen molar-refractivity contribution in [1.82, 2.24) is 4.72 Å². The van der Waals surface area contributed by atoms with E-state index >= 15 is 0 Å². The van der Waals surface area contributed by atoms with Crippen molar-refractivity contribution in [1.29, 1.82) is 0 Å². The van der Waals surface area contributed by atoms with Gasteiger partial charge in [0.25, 0.3) is 0 Å². The lowest BCUT2D eigenvalue weighted by Crippen LogP contribution is -2.40. The number of hydrogen-bond donors (Lipinski definition) is 2. The number of benzene rings is 1. The number of anilines is 1. The molecule has 0 bridgehead atoms. The molecule has 0 saturated carbocycles. The summed E-state index contributed by atoms with van der Waals surface area (Å²) in [4.78, 5) is -0.990. The molecule has 1 saturated heterocycles. The van der Waals surface area contributed by atoms with Crippen LogP contribution in [0.25, 0.3) is 0 Å². The van der Waals surface area contributed by atoms with Gasteiger partial charge in [-0.05, 0) is 37.8 Å². The SMILES string of the molecule is CC(NS(=O)(=O)c1c(F)cc(N)cc1F)C1CCOCC1. The van der Waals surface area contributed by atoms with Crippen LogP contribution in [0.15, 0.2) is 17.0 Å². The van der Waals surface area contributed by atoms with Crippen LogP contribution in [0.2, 0.25) is 0 Å². The Bertz CT molecular complexity index is 593. The zero-order valence-corrected chi connectivity index (χ0v) is 12.4. The molecule has 0 radical (unpaired) electrons. The Morgan fingerprint density at radius 2 is 1.81 bits per heavy atom. The molecular formula is C13H18F2N2O3S. The number of nitrogens with two attached hydrogens (primary N) is 1.